The van der Waals surface area contributed by atoms with Crippen molar-refractivity contribution in [1.82, 2.24) is 16.1 Å². The van der Waals surface area contributed by atoms with Gasteiger partial charge in [-0.25, -0.2) is 19.8 Å². The minimum atomic E-state index is -1.10. The summed E-state index contributed by atoms with van der Waals surface area (Å²) < 4.78 is 21.8. The number of hydrazone groups is 1. The molecule has 2 aromatic carbocycles. The van der Waals surface area contributed by atoms with Crippen LogP contribution in [0.4, 0.5) is 4.79 Å². The normalized spacial score (nSPS) is 14.7. The van der Waals surface area contributed by atoms with Gasteiger partial charge in [0, 0.05) is 5.70 Å². The lowest BCUT2D eigenvalue weighted by Gasteiger charge is -2.28. The quantitative estimate of drug-likeness (QED) is 0.158. The van der Waals surface area contributed by atoms with Crippen LogP contribution in [0.15, 0.2) is 57.2 Å². The summed E-state index contributed by atoms with van der Waals surface area (Å²) in [5.74, 6) is -1.33. The van der Waals surface area contributed by atoms with Crippen LogP contribution in [0.1, 0.15) is 31.0 Å². The van der Waals surface area contributed by atoms with Crippen molar-refractivity contribution in [3.05, 3.63) is 63.3 Å². The van der Waals surface area contributed by atoms with E-state index in [0.29, 0.717) is 27.0 Å². The van der Waals surface area contributed by atoms with Crippen LogP contribution in [-0.4, -0.2) is 62.1 Å². The molecule has 0 saturated carbocycles. The number of carboxylic acid groups (broad SMARTS) is 1. The van der Waals surface area contributed by atoms with E-state index in [1.807, 2.05) is 0 Å². The summed E-state index contributed by atoms with van der Waals surface area (Å²) >= 11 is 3.29. The number of ether oxygens (including phenoxy) is 4. The van der Waals surface area contributed by atoms with Crippen molar-refractivity contribution in [2.24, 2.45) is 5.10 Å². The number of carbonyl (C=O) groups is 4. The lowest BCUT2D eigenvalue weighted by atomic mass is 9.95. The van der Waals surface area contributed by atoms with E-state index in [0.717, 1.165) is 0 Å². The van der Waals surface area contributed by atoms with Gasteiger partial charge in [0.25, 0.3) is 5.91 Å². The van der Waals surface area contributed by atoms with Crippen LogP contribution >= 0.6 is 15.9 Å². The number of carbonyl (C=O) groups excluding carboxylic acids is 3. The lowest BCUT2D eigenvalue weighted by Crippen LogP contribution is -2.45. The first-order valence-corrected chi connectivity index (χ1v) is 12.6. The van der Waals surface area contributed by atoms with Crippen LogP contribution < -0.4 is 30.3 Å². The fourth-order valence-electron chi connectivity index (χ4n) is 3.61. The number of aliphatic carboxylic acids is 1. The molecule has 4 N–H and O–H groups in total. The number of benzene rings is 2. The maximum absolute atomic E-state index is 12.5. The Morgan fingerprint density at radius 3 is 2.50 bits per heavy atom. The van der Waals surface area contributed by atoms with Gasteiger partial charge in [0.2, 0.25) is 0 Å². The second kappa shape index (κ2) is 14.0. The van der Waals surface area contributed by atoms with Crippen molar-refractivity contribution in [1.29, 1.82) is 0 Å². The molecule has 0 radical (unpaired) electrons. The SMILES string of the molecule is CCOC(=O)C1=C(C)NC(=O)N[C@@H]1c1ccc(OCC(=O)N/N=C\c2ccc(OCC(=O)O)c(Br)c2)c(OC)c1. The number of allylic oxidation sites excluding steroid dienone is 1. The Morgan fingerprint density at radius 1 is 1.10 bits per heavy atom. The van der Waals surface area contributed by atoms with Gasteiger partial charge < -0.3 is 34.7 Å². The fourth-order valence-corrected chi connectivity index (χ4v) is 4.13. The van der Waals surface area contributed by atoms with E-state index in [1.165, 1.54) is 13.3 Å². The van der Waals surface area contributed by atoms with Gasteiger partial charge in [-0.15, -0.1) is 0 Å². The zero-order valence-electron chi connectivity index (χ0n) is 21.8. The molecule has 40 heavy (non-hydrogen) atoms. The molecule has 1 atom stereocenters. The van der Waals surface area contributed by atoms with Crippen molar-refractivity contribution in [2.75, 3.05) is 26.9 Å². The van der Waals surface area contributed by atoms with Crippen molar-refractivity contribution in [3.8, 4) is 17.2 Å². The summed E-state index contributed by atoms with van der Waals surface area (Å²) in [6, 6.07) is 8.38. The van der Waals surface area contributed by atoms with Crippen LogP contribution in [0, 0.1) is 0 Å². The highest BCUT2D eigenvalue weighted by molar-refractivity contribution is 9.10. The molecule has 212 valence electrons. The maximum Gasteiger partial charge on any atom is 0.341 e. The summed E-state index contributed by atoms with van der Waals surface area (Å²) in [6.45, 7) is 2.61. The summed E-state index contributed by atoms with van der Waals surface area (Å²) in [7, 11) is 1.42. The largest absolute Gasteiger partial charge is 0.493 e. The highest BCUT2D eigenvalue weighted by Gasteiger charge is 2.32. The van der Waals surface area contributed by atoms with E-state index in [9.17, 15) is 19.2 Å². The molecule has 14 heteroatoms. The molecule has 1 heterocycles. The van der Waals surface area contributed by atoms with E-state index in [4.69, 9.17) is 24.1 Å². The van der Waals surface area contributed by atoms with Gasteiger partial charge in [0.1, 0.15) is 5.75 Å². The molecule has 1 aliphatic rings. The molecular weight excluding hydrogens is 592 g/mol. The Bertz CT molecular complexity index is 1360. The van der Waals surface area contributed by atoms with Crippen LogP contribution in [0.3, 0.4) is 0 Å². The Labute approximate surface area is 237 Å². The molecule has 0 saturated heterocycles. The number of hydrogen-bond donors (Lipinski definition) is 4. The van der Waals surface area contributed by atoms with Gasteiger partial charge in [-0.1, -0.05) is 6.07 Å². The molecule has 0 unspecified atom stereocenters. The molecule has 3 rings (SSSR count). The van der Waals surface area contributed by atoms with Crippen molar-refractivity contribution in [3.63, 3.8) is 0 Å². The molecule has 13 nitrogen and oxygen atoms in total. The fraction of sp³-hybridized carbons (Fsp3) is 0.269. The Morgan fingerprint density at radius 2 is 1.82 bits per heavy atom. The summed E-state index contributed by atoms with van der Waals surface area (Å²) in [4.78, 5) is 47.5. The third kappa shape index (κ3) is 7.96. The number of nitrogens with one attached hydrogen (secondary N) is 3. The first kappa shape index (κ1) is 30.0. The molecule has 0 aromatic heterocycles. The number of carboxylic acids is 1. The van der Waals surface area contributed by atoms with Gasteiger partial charge >= 0.3 is 18.0 Å². The molecule has 0 aliphatic carbocycles. The molecule has 0 fully saturated rings. The van der Waals surface area contributed by atoms with Crippen molar-refractivity contribution < 1.29 is 43.2 Å². The number of halogens is 1. The van der Waals surface area contributed by atoms with Gasteiger partial charge in [-0.05, 0) is 71.2 Å². The summed E-state index contributed by atoms with van der Waals surface area (Å²) in [5, 5.41) is 17.9. The maximum atomic E-state index is 12.5. The number of hydrogen-bond acceptors (Lipinski definition) is 9. The van der Waals surface area contributed by atoms with Gasteiger partial charge in [-0.3, -0.25) is 4.79 Å². The second-order valence-electron chi connectivity index (χ2n) is 8.16. The average Bonchev–Trinajstić information content (AvgIpc) is 2.90. The molecule has 1 aliphatic heterocycles. The number of amides is 3. The Kier molecular flexibility index (Phi) is 10.5. The number of esters is 1. The second-order valence-corrected chi connectivity index (χ2v) is 9.01. The van der Waals surface area contributed by atoms with Crippen molar-refractivity contribution in [2.45, 2.75) is 19.9 Å². The molecule has 3 amide bonds. The summed E-state index contributed by atoms with van der Waals surface area (Å²) in [6.07, 6.45) is 1.39. The summed E-state index contributed by atoms with van der Waals surface area (Å²) in [5.41, 5.74) is 4.13. The Hall–Kier alpha value is -4.59. The van der Waals surface area contributed by atoms with Crippen LogP contribution in [-0.2, 0) is 19.1 Å². The van der Waals surface area contributed by atoms with Crippen LogP contribution in [0.2, 0.25) is 0 Å². The Balaban J connectivity index is 1.63. The number of rotatable bonds is 12. The van der Waals surface area contributed by atoms with Crippen LogP contribution in [0.25, 0.3) is 0 Å². The molecular formula is C26H27BrN4O9. The van der Waals surface area contributed by atoms with E-state index < -0.39 is 36.5 Å². The van der Waals surface area contributed by atoms with E-state index >= 15 is 0 Å². The van der Waals surface area contributed by atoms with E-state index in [2.05, 4.69) is 37.1 Å². The van der Waals surface area contributed by atoms with Crippen molar-refractivity contribution >= 4 is 46.0 Å². The third-order valence-corrected chi connectivity index (χ3v) is 5.97. The monoisotopic (exact) mass is 618 g/mol. The predicted molar refractivity (Wildman–Crippen MR) is 145 cm³/mol. The van der Waals surface area contributed by atoms with Crippen LogP contribution in [0.5, 0.6) is 17.2 Å². The topological polar surface area (TPSA) is 174 Å². The van der Waals surface area contributed by atoms with Gasteiger partial charge in [-0.2, -0.15) is 5.10 Å². The number of methoxy groups -OCH3 is 1. The van der Waals surface area contributed by atoms with Gasteiger partial charge in [0.15, 0.2) is 24.7 Å². The number of nitrogens with zero attached hydrogens (tertiary/aromatic N) is 1. The predicted octanol–water partition coefficient (Wildman–Crippen LogP) is 2.64. The minimum Gasteiger partial charge on any atom is -0.493 e. The minimum absolute atomic E-state index is 0.172. The highest BCUT2D eigenvalue weighted by atomic mass is 79.9. The third-order valence-electron chi connectivity index (χ3n) is 5.35. The first-order chi connectivity index (χ1) is 19.1. The first-order valence-electron chi connectivity index (χ1n) is 11.8. The number of urea groups is 1. The zero-order chi connectivity index (χ0) is 29.2. The standard InChI is InChI=1S/C26H27BrN4O9/c1-4-38-25(35)23-14(2)29-26(36)30-24(23)16-6-8-19(20(10-16)37-3)39-12-21(32)31-28-11-15-5-7-18(17(27)9-15)40-13-22(33)34/h5-11,24H,4,12-13H2,1-3H3,(H,31,32)(H,33,34)(H2,29,30,36)/b28-11-/t24-/m1/s1. The molecule has 2 aromatic rings. The van der Waals surface area contributed by atoms with E-state index in [-0.39, 0.29) is 30.3 Å². The molecule has 0 spiro atoms. The molecule has 0 bridgehead atoms. The average molecular weight is 619 g/mol. The smallest absolute Gasteiger partial charge is 0.341 e. The zero-order valence-corrected chi connectivity index (χ0v) is 23.4. The highest BCUT2D eigenvalue weighted by Crippen LogP contribution is 2.34. The van der Waals surface area contributed by atoms with E-state index in [1.54, 1.807) is 50.2 Å². The van der Waals surface area contributed by atoms with Gasteiger partial charge in [0.05, 0.1) is 36.0 Å². The lowest BCUT2D eigenvalue weighted by molar-refractivity contribution is -0.140.